The van der Waals surface area contributed by atoms with Crippen molar-refractivity contribution in [2.24, 2.45) is 0 Å². The van der Waals surface area contributed by atoms with Gasteiger partial charge >= 0.3 is 6.18 Å². The Morgan fingerprint density at radius 2 is 1.45 bits per heavy atom. The van der Waals surface area contributed by atoms with Crippen molar-refractivity contribution < 1.29 is 27.5 Å². The fourth-order valence-corrected chi connectivity index (χ4v) is 3.17. The molecule has 0 saturated carbocycles. The molecule has 2 amide bonds. The predicted octanol–water partition coefficient (Wildman–Crippen LogP) is 3.24. The van der Waals surface area contributed by atoms with Gasteiger partial charge in [0.2, 0.25) is 5.91 Å². The number of nitrogens with zero attached hydrogens (tertiary/aromatic N) is 2. The molecule has 1 aliphatic rings. The lowest BCUT2D eigenvalue weighted by Gasteiger charge is -2.35. The summed E-state index contributed by atoms with van der Waals surface area (Å²) in [6, 6.07) is 11.4. The van der Waals surface area contributed by atoms with Gasteiger partial charge in [-0.3, -0.25) is 9.59 Å². The van der Waals surface area contributed by atoms with Crippen molar-refractivity contribution in [3.05, 3.63) is 65.2 Å². The number of ether oxygens (including phenoxy) is 1. The SMILES string of the molecule is COc1ccc(CC(=O)N2CCN(C(=O)c3ccc(C(F)(F)F)cc3)CC2)cc1. The summed E-state index contributed by atoms with van der Waals surface area (Å²) in [5, 5.41) is 0. The van der Waals surface area contributed by atoms with Gasteiger partial charge in [-0.15, -0.1) is 0 Å². The highest BCUT2D eigenvalue weighted by Gasteiger charge is 2.31. The van der Waals surface area contributed by atoms with E-state index < -0.39 is 11.7 Å². The molecule has 154 valence electrons. The maximum atomic E-state index is 12.6. The van der Waals surface area contributed by atoms with Gasteiger partial charge in [0.1, 0.15) is 5.75 Å². The topological polar surface area (TPSA) is 49.9 Å². The minimum Gasteiger partial charge on any atom is -0.497 e. The third-order valence-electron chi connectivity index (χ3n) is 4.89. The summed E-state index contributed by atoms with van der Waals surface area (Å²) in [6.07, 6.45) is -4.17. The van der Waals surface area contributed by atoms with Gasteiger partial charge in [-0.1, -0.05) is 12.1 Å². The Morgan fingerprint density at radius 3 is 1.97 bits per heavy atom. The first-order valence-electron chi connectivity index (χ1n) is 9.15. The van der Waals surface area contributed by atoms with Gasteiger partial charge in [0.25, 0.3) is 5.91 Å². The number of amides is 2. The van der Waals surface area contributed by atoms with Gasteiger partial charge in [0.05, 0.1) is 19.1 Å². The number of rotatable bonds is 4. The van der Waals surface area contributed by atoms with Crippen LogP contribution in [0.5, 0.6) is 5.75 Å². The highest BCUT2D eigenvalue weighted by Crippen LogP contribution is 2.29. The summed E-state index contributed by atoms with van der Waals surface area (Å²) in [7, 11) is 1.58. The van der Waals surface area contributed by atoms with Crippen molar-refractivity contribution >= 4 is 11.8 Å². The normalized spacial score (nSPS) is 14.6. The minimum absolute atomic E-state index is 0.0307. The van der Waals surface area contributed by atoms with E-state index in [2.05, 4.69) is 0 Å². The summed E-state index contributed by atoms with van der Waals surface area (Å²) in [5.74, 6) is 0.356. The van der Waals surface area contributed by atoms with E-state index in [4.69, 9.17) is 4.74 Å². The smallest absolute Gasteiger partial charge is 0.416 e. The quantitative estimate of drug-likeness (QED) is 0.783. The molecule has 0 atom stereocenters. The molecule has 2 aromatic rings. The molecule has 29 heavy (non-hydrogen) atoms. The average Bonchev–Trinajstić information content (AvgIpc) is 2.73. The highest BCUT2D eigenvalue weighted by atomic mass is 19.4. The third kappa shape index (κ3) is 5.07. The van der Waals surface area contributed by atoms with Crippen LogP contribution in [0.15, 0.2) is 48.5 Å². The lowest BCUT2D eigenvalue weighted by Crippen LogP contribution is -2.51. The third-order valence-corrected chi connectivity index (χ3v) is 4.89. The Morgan fingerprint density at radius 1 is 0.897 bits per heavy atom. The second-order valence-electron chi connectivity index (χ2n) is 6.77. The molecule has 0 aromatic heterocycles. The number of piperazine rings is 1. The zero-order valence-electron chi connectivity index (χ0n) is 15.9. The Labute approximate surface area is 166 Å². The Hall–Kier alpha value is -3.03. The molecule has 0 bridgehead atoms. The lowest BCUT2D eigenvalue weighted by atomic mass is 10.1. The molecular weight excluding hydrogens is 385 g/mol. The average molecular weight is 406 g/mol. The van der Waals surface area contributed by atoms with Crippen LogP contribution >= 0.6 is 0 Å². The van der Waals surface area contributed by atoms with Crippen LogP contribution < -0.4 is 4.74 Å². The lowest BCUT2D eigenvalue weighted by molar-refractivity contribution is -0.137. The van der Waals surface area contributed by atoms with Gasteiger partial charge in [-0.25, -0.2) is 0 Å². The van der Waals surface area contributed by atoms with E-state index in [1.165, 1.54) is 12.1 Å². The van der Waals surface area contributed by atoms with E-state index >= 15 is 0 Å². The van der Waals surface area contributed by atoms with Crippen LogP contribution in [0, 0.1) is 0 Å². The van der Waals surface area contributed by atoms with Crippen LogP contribution in [0.4, 0.5) is 13.2 Å². The Bertz CT molecular complexity index is 856. The van der Waals surface area contributed by atoms with Gasteiger partial charge in [0, 0.05) is 31.7 Å². The van der Waals surface area contributed by atoms with Crippen molar-refractivity contribution in [2.75, 3.05) is 33.3 Å². The first kappa shape index (κ1) is 20.7. The Balaban J connectivity index is 1.54. The second kappa shape index (κ2) is 8.55. The van der Waals surface area contributed by atoms with E-state index in [-0.39, 0.29) is 23.8 Å². The van der Waals surface area contributed by atoms with Crippen molar-refractivity contribution in [1.82, 2.24) is 9.80 Å². The number of alkyl halides is 3. The molecule has 0 spiro atoms. The minimum atomic E-state index is -4.43. The standard InChI is InChI=1S/C21H21F3N2O3/c1-29-18-8-2-15(3-9-18)14-19(27)25-10-12-26(13-11-25)20(28)16-4-6-17(7-5-16)21(22,23)24/h2-9H,10-14H2,1H3. The molecule has 0 aliphatic carbocycles. The maximum absolute atomic E-state index is 12.6. The molecule has 2 aromatic carbocycles. The predicted molar refractivity (Wildman–Crippen MR) is 101 cm³/mol. The first-order valence-corrected chi connectivity index (χ1v) is 9.15. The van der Waals surface area contributed by atoms with Crippen LogP contribution in [-0.4, -0.2) is 54.9 Å². The van der Waals surface area contributed by atoms with E-state index in [1.54, 1.807) is 29.0 Å². The number of benzene rings is 2. The monoisotopic (exact) mass is 406 g/mol. The van der Waals surface area contributed by atoms with Crippen LogP contribution in [-0.2, 0) is 17.4 Å². The van der Waals surface area contributed by atoms with Crippen molar-refractivity contribution in [2.45, 2.75) is 12.6 Å². The molecule has 1 heterocycles. The van der Waals surface area contributed by atoms with E-state index in [0.717, 1.165) is 23.4 Å². The van der Waals surface area contributed by atoms with Crippen molar-refractivity contribution in [1.29, 1.82) is 0 Å². The number of hydrogen-bond acceptors (Lipinski definition) is 3. The van der Waals surface area contributed by atoms with Crippen LogP contribution in [0.2, 0.25) is 0 Å². The fourth-order valence-electron chi connectivity index (χ4n) is 3.17. The zero-order chi connectivity index (χ0) is 21.0. The van der Waals surface area contributed by atoms with Crippen LogP contribution in [0.25, 0.3) is 0 Å². The molecule has 1 aliphatic heterocycles. The summed E-state index contributed by atoms with van der Waals surface area (Å²) >= 11 is 0. The molecule has 5 nitrogen and oxygen atoms in total. The summed E-state index contributed by atoms with van der Waals surface area (Å²) < 4.78 is 43.0. The van der Waals surface area contributed by atoms with Gasteiger partial charge in [-0.2, -0.15) is 13.2 Å². The number of methoxy groups -OCH3 is 1. The Kier molecular flexibility index (Phi) is 6.10. The van der Waals surface area contributed by atoms with Gasteiger partial charge < -0.3 is 14.5 Å². The molecule has 0 radical (unpaired) electrons. The van der Waals surface area contributed by atoms with Gasteiger partial charge in [0.15, 0.2) is 0 Å². The molecular formula is C21H21F3N2O3. The second-order valence-corrected chi connectivity index (χ2v) is 6.77. The van der Waals surface area contributed by atoms with E-state index in [1.807, 2.05) is 12.1 Å². The molecule has 8 heteroatoms. The molecule has 0 N–H and O–H groups in total. The van der Waals surface area contributed by atoms with Crippen molar-refractivity contribution in [3.8, 4) is 5.75 Å². The molecule has 3 rings (SSSR count). The number of carbonyl (C=O) groups is 2. The fraction of sp³-hybridized carbons (Fsp3) is 0.333. The number of halogens is 3. The van der Waals surface area contributed by atoms with Gasteiger partial charge in [-0.05, 0) is 42.0 Å². The summed E-state index contributed by atoms with van der Waals surface area (Å²) in [5.41, 5.74) is 0.290. The molecule has 1 fully saturated rings. The summed E-state index contributed by atoms with van der Waals surface area (Å²) in [4.78, 5) is 28.3. The highest BCUT2D eigenvalue weighted by molar-refractivity contribution is 5.94. The first-order chi connectivity index (χ1) is 13.8. The number of carbonyl (C=O) groups excluding carboxylic acids is 2. The molecule has 1 saturated heterocycles. The largest absolute Gasteiger partial charge is 0.497 e. The van der Waals surface area contributed by atoms with Crippen molar-refractivity contribution in [3.63, 3.8) is 0 Å². The van der Waals surface area contributed by atoms with Crippen LogP contribution in [0.1, 0.15) is 21.5 Å². The van der Waals surface area contributed by atoms with E-state index in [9.17, 15) is 22.8 Å². The summed E-state index contributed by atoms with van der Waals surface area (Å²) in [6.45, 7) is 1.46. The molecule has 0 unspecified atom stereocenters. The van der Waals surface area contributed by atoms with E-state index in [0.29, 0.717) is 26.2 Å². The number of hydrogen-bond donors (Lipinski definition) is 0. The maximum Gasteiger partial charge on any atom is 0.416 e. The zero-order valence-corrected chi connectivity index (χ0v) is 15.9. The van der Waals surface area contributed by atoms with Crippen LogP contribution in [0.3, 0.4) is 0 Å².